The fourth-order valence-corrected chi connectivity index (χ4v) is 7.29. The summed E-state index contributed by atoms with van der Waals surface area (Å²) in [6.07, 6.45) is 13.1. The van der Waals surface area contributed by atoms with Gasteiger partial charge in [-0.05, 0) is 68.2 Å². The van der Waals surface area contributed by atoms with Crippen LogP contribution in [0.2, 0.25) is 0 Å². The van der Waals surface area contributed by atoms with Gasteiger partial charge in [-0.25, -0.2) is 0 Å². The van der Waals surface area contributed by atoms with Gasteiger partial charge < -0.3 is 9.84 Å². The molecule has 1 aromatic rings. The van der Waals surface area contributed by atoms with Crippen molar-refractivity contribution in [3.8, 4) is 5.75 Å². The van der Waals surface area contributed by atoms with E-state index in [1.165, 1.54) is 23.1 Å². The van der Waals surface area contributed by atoms with Crippen LogP contribution in [0.5, 0.6) is 5.75 Å². The van der Waals surface area contributed by atoms with Crippen molar-refractivity contribution < 1.29 is 19.4 Å². The van der Waals surface area contributed by atoms with E-state index < -0.39 is 0 Å². The Bertz CT molecular complexity index is 1050. The Morgan fingerprint density at radius 3 is 2.61 bits per heavy atom. The van der Waals surface area contributed by atoms with E-state index in [4.69, 9.17) is 4.74 Å². The van der Waals surface area contributed by atoms with Crippen LogP contribution in [-0.2, 0) is 14.3 Å². The number of fused-ring (bicyclic) bond motifs is 3. The third kappa shape index (κ3) is 4.79. The minimum Gasteiger partial charge on any atom is -0.508 e. The van der Waals surface area contributed by atoms with Crippen LogP contribution in [0.4, 0.5) is 0 Å². The molecule has 2 heterocycles. The van der Waals surface area contributed by atoms with Crippen LogP contribution in [-0.4, -0.2) is 40.6 Å². The van der Waals surface area contributed by atoms with Crippen molar-refractivity contribution in [1.82, 2.24) is 4.90 Å². The molecule has 5 heteroatoms. The number of benzene rings is 1. The number of hydrogen-bond acceptors (Lipinski definition) is 4. The van der Waals surface area contributed by atoms with Crippen LogP contribution >= 0.6 is 0 Å². The smallest absolute Gasteiger partial charge is 0.234 e. The molecule has 5 nitrogen and oxygen atoms in total. The van der Waals surface area contributed by atoms with Crippen LogP contribution in [0.15, 0.2) is 41.0 Å². The Morgan fingerprint density at radius 1 is 1.08 bits per heavy atom. The number of likely N-dealkylation sites (tertiary alicyclic amines) is 1. The maximum absolute atomic E-state index is 13.7. The second-order valence-electron chi connectivity index (χ2n) is 11.2. The zero-order valence-electron chi connectivity index (χ0n) is 21.9. The first-order valence-electron chi connectivity index (χ1n) is 14.2. The van der Waals surface area contributed by atoms with Gasteiger partial charge in [0.2, 0.25) is 11.8 Å². The topological polar surface area (TPSA) is 66.8 Å². The molecule has 5 rings (SSSR count). The molecular weight excluding hydrogens is 450 g/mol. The average molecular weight is 492 g/mol. The summed E-state index contributed by atoms with van der Waals surface area (Å²) in [5.74, 6) is 0.0888. The highest BCUT2D eigenvalue weighted by Crippen LogP contribution is 2.51. The van der Waals surface area contributed by atoms with Crippen molar-refractivity contribution >= 4 is 17.9 Å². The zero-order valence-corrected chi connectivity index (χ0v) is 21.9. The molecule has 0 radical (unpaired) electrons. The number of ether oxygens (including phenoxy) is 1. The van der Waals surface area contributed by atoms with Gasteiger partial charge in [0.1, 0.15) is 5.75 Å². The molecule has 0 spiro atoms. The van der Waals surface area contributed by atoms with Crippen LogP contribution in [0.25, 0.3) is 6.08 Å². The molecule has 0 unspecified atom stereocenters. The summed E-state index contributed by atoms with van der Waals surface area (Å²) >= 11 is 0. The predicted octanol–water partition coefficient (Wildman–Crippen LogP) is 6.42. The van der Waals surface area contributed by atoms with Gasteiger partial charge in [-0.3, -0.25) is 14.5 Å². The second kappa shape index (κ2) is 10.9. The summed E-state index contributed by atoms with van der Waals surface area (Å²) in [5, 5.41) is 9.85. The molecule has 1 aromatic carbocycles. The maximum atomic E-state index is 13.7. The SMILES string of the molecule is CCC/C(=C\c1cccc(O)c1)CC[C@H]1OC[C@H]2C1=C(CC)C[C@H]1C(=O)N(C3CCCCC3)C(=O)[C@H]12. The van der Waals surface area contributed by atoms with Gasteiger partial charge in [0.15, 0.2) is 0 Å². The zero-order chi connectivity index (χ0) is 25.2. The van der Waals surface area contributed by atoms with E-state index in [9.17, 15) is 14.7 Å². The normalized spacial score (nSPS) is 29.2. The van der Waals surface area contributed by atoms with E-state index >= 15 is 0 Å². The third-order valence-electron chi connectivity index (χ3n) is 8.95. The summed E-state index contributed by atoms with van der Waals surface area (Å²) in [6, 6.07) is 7.51. The van der Waals surface area contributed by atoms with Crippen molar-refractivity contribution in [1.29, 1.82) is 0 Å². The first-order chi connectivity index (χ1) is 17.5. The van der Waals surface area contributed by atoms with E-state index in [1.807, 2.05) is 12.1 Å². The van der Waals surface area contributed by atoms with Crippen LogP contribution in [0, 0.1) is 17.8 Å². The first-order valence-corrected chi connectivity index (χ1v) is 14.2. The number of hydrogen-bond donors (Lipinski definition) is 1. The van der Waals surface area contributed by atoms with E-state index in [-0.39, 0.29) is 47.5 Å². The molecule has 2 aliphatic heterocycles. The Kier molecular flexibility index (Phi) is 7.66. The number of carbonyl (C=O) groups is 2. The fraction of sp³-hybridized carbons (Fsp3) is 0.613. The number of nitrogens with zero attached hydrogens (tertiary/aromatic N) is 1. The second-order valence-corrected chi connectivity index (χ2v) is 11.2. The molecule has 36 heavy (non-hydrogen) atoms. The van der Waals surface area contributed by atoms with Gasteiger partial charge >= 0.3 is 0 Å². The number of amides is 2. The number of phenolic OH excluding ortho intramolecular Hbond substituents is 1. The standard InChI is InChI=1S/C31H41NO4/c1-3-9-20(16-21-10-8-13-24(33)17-21)14-15-27-28-22(4-2)18-25-29(26(28)19-36-27)31(35)32(30(25)34)23-11-6-5-7-12-23/h8,10,13,16-17,23,25-27,29,33H,3-7,9,11-12,14-15,18-19H2,1-2H3/b20-16+/t25-,26+,27-,29-/m1/s1. The minimum atomic E-state index is -0.229. The summed E-state index contributed by atoms with van der Waals surface area (Å²) in [5.41, 5.74) is 5.07. The number of carbonyl (C=O) groups excluding carboxylic acids is 2. The van der Waals surface area contributed by atoms with Crippen molar-refractivity contribution in [2.45, 2.75) is 96.6 Å². The molecule has 0 bridgehead atoms. The molecule has 0 aromatic heterocycles. The fourth-order valence-electron chi connectivity index (χ4n) is 7.29. The van der Waals surface area contributed by atoms with Gasteiger partial charge in [0, 0.05) is 12.0 Å². The van der Waals surface area contributed by atoms with E-state index in [1.54, 1.807) is 17.0 Å². The molecule has 194 valence electrons. The molecule has 1 saturated carbocycles. The lowest BCUT2D eigenvalue weighted by atomic mass is 9.69. The first kappa shape index (κ1) is 25.3. The lowest BCUT2D eigenvalue weighted by Crippen LogP contribution is -2.42. The Labute approximate surface area is 215 Å². The number of rotatable bonds is 8. The Morgan fingerprint density at radius 2 is 1.89 bits per heavy atom. The molecule has 2 saturated heterocycles. The number of imide groups is 1. The molecule has 1 N–H and O–H groups in total. The monoisotopic (exact) mass is 491 g/mol. The van der Waals surface area contributed by atoms with Gasteiger partial charge in [0.05, 0.1) is 24.5 Å². The van der Waals surface area contributed by atoms with Crippen LogP contribution < -0.4 is 0 Å². The van der Waals surface area contributed by atoms with Crippen molar-refractivity contribution in [3.05, 3.63) is 46.5 Å². The van der Waals surface area contributed by atoms with Crippen LogP contribution in [0.3, 0.4) is 0 Å². The molecule has 4 aliphatic rings. The maximum Gasteiger partial charge on any atom is 0.234 e. The quantitative estimate of drug-likeness (QED) is 0.337. The number of aromatic hydroxyl groups is 1. The molecule has 2 amide bonds. The Balaban J connectivity index is 1.34. The third-order valence-corrected chi connectivity index (χ3v) is 8.95. The van der Waals surface area contributed by atoms with Crippen molar-refractivity contribution in [2.24, 2.45) is 17.8 Å². The molecular formula is C31H41NO4. The minimum absolute atomic E-state index is 0.0296. The summed E-state index contributed by atoms with van der Waals surface area (Å²) in [4.78, 5) is 28.8. The van der Waals surface area contributed by atoms with Gasteiger partial charge in [-0.1, -0.05) is 68.9 Å². The molecule has 2 aliphatic carbocycles. The number of allylic oxidation sites excluding steroid dienone is 2. The lowest BCUT2D eigenvalue weighted by Gasteiger charge is -2.31. The van der Waals surface area contributed by atoms with Gasteiger partial charge in [-0.2, -0.15) is 0 Å². The van der Waals surface area contributed by atoms with Gasteiger partial charge in [-0.15, -0.1) is 0 Å². The lowest BCUT2D eigenvalue weighted by molar-refractivity contribution is -0.143. The molecule has 3 fully saturated rings. The van der Waals surface area contributed by atoms with Crippen molar-refractivity contribution in [3.63, 3.8) is 0 Å². The number of phenols is 1. The van der Waals surface area contributed by atoms with Crippen LogP contribution in [0.1, 0.15) is 90.0 Å². The van der Waals surface area contributed by atoms with Crippen molar-refractivity contribution in [2.75, 3.05) is 6.61 Å². The highest BCUT2D eigenvalue weighted by Gasteiger charge is 2.57. The largest absolute Gasteiger partial charge is 0.508 e. The predicted molar refractivity (Wildman–Crippen MR) is 141 cm³/mol. The Hall–Kier alpha value is -2.40. The highest BCUT2D eigenvalue weighted by atomic mass is 16.5. The van der Waals surface area contributed by atoms with E-state index in [2.05, 4.69) is 19.9 Å². The average Bonchev–Trinajstić information content (AvgIpc) is 3.41. The summed E-state index contributed by atoms with van der Waals surface area (Å²) in [7, 11) is 0. The molecule has 4 atom stereocenters. The van der Waals surface area contributed by atoms with E-state index in [0.717, 1.165) is 69.8 Å². The summed E-state index contributed by atoms with van der Waals surface area (Å²) in [6.45, 7) is 4.93. The highest BCUT2D eigenvalue weighted by molar-refractivity contribution is 6.06. The summed E-state index contributed by atoms with van der Waals surface area (Å²) < 4.78 is 6.40. The van der Waals surface area contributed by atoms with Gasteiger partial charge in [0.25, 0.3) is 0 Å². The van der Waals surface area contributed by atoms with E-state index in [0.29, 0.717) is 6.61 Å².